The fraction of sp³-hybridized carbons (Fsp3) is 0. The van der Waals surface area contributed by atoms with Crippen LogP contribution in [0.15, 0.2) is 45.1 Å². The van der Waals surface area contributed by atoms with Gasteiger partial charge in [-0.05, 0) is 18.2 Å². The number of rotatable bonds is 2. The standard InChI is InChI=1S/C9H7NOS2/c11-7-2-1-3-8(6-7)13-9-10-4-5-12-9/h1-6,11H. The van der Waals surface area contributed by atoms with E-state index in [-0.39, 0.29) is 0 Å². The Morgan fingerprint density at radius 2 is 2.31 bits per heavy atom. The van der Waals surface area contributed by atoms with Crippen molar-refractivity contribution in [1.82, 2.24) is 4.98 Å². The quantitative estimate of drug-likeness (QED) is 0.825. The van der Waals surface area contributed by atoms with Gasteiger partial charge in [0.1, 0.15) is 5.75 Å². The molecule has 1 heterocycles. The fourth-order valence-corrected chi connectivity index (χ4v) is 2.56. The Hall–Kier alpha value is -1.00. The van der Waals surface area contributed by atoms with Crippen molar-refractivity contribution in [1.29, 1.82) is 0 Å². The van der Waals surface area contributed by atoms with Crippen molar-refractivity contribution in [2.45, 2.75) is 9.24 Å². The van der Waals surface area contributed by atoms with Crippen LogP contribution in [0.2, 0.25) is 0 Å². The van der Waals surface area contributed by atoms with Crippen molar-refractivity contribution >= 4 is 23.1 Å². The highest BCUT2D eigenvalue weighted by molar-refractivity contribution is 8.01. The molecule has 1 aromatic heterocycles. The summed E-state index contributed by atoms with van der Waals surface area (Å²) < 4.78 is 0.991. The average Bonchev–Trinajstić information content (AvgIpc) is 2.57. The maximum absolute atomic E-state index is 9.21. The van der Waals surface area contributed by atoms with Crippen LogP contribution in [0.3, 0.4) is 0 Å². The molecule has 0 atom stereocenters. The van der Waals surface area contributed by atoms with Crippen LogP contribution in [0.4, 0.5) is 0 Å². The number of nitrogens with zero attached hydrogens (tertiary/aromatic N) is 1. The predicted molar refractivity (Wildman–Crippen MR) is 54.3 cm³/mol. The highest BCUT2D eigenvalue weighted by Gasteiger charge is 1.99. The van der Waals surface area contributed by atoms with Gasteiger partial charge in [-0.15, -0.1) is 11.3 Å². The van der Waals surface area contributed by atoms with Gasteiger partial charge in [0.25, 0.3) is 0 Å². The van der Waals surface area contributed by atoms with Gasteiger partial charge in [0, 0.05) is 16.5 Å². The molecule has 13 heavy (non-hydrogen) atoms. The molecule has 0 saturated carbocycles. The van der Waals surface area contributed by atoms with E-state index < -0.39 is 0 Å². The van der Waals surface area contributed by atoms with Gasteiger partial charge in [-0.2, -0.15) is 0 Å². The smallest absolute Gasteiger partial charge is 0.154 e. The highest BCUT2D eigenvalue weighted by Crippen LogP contribution is 2.30. The molecule has 0 unspecified atom stereocenters. The van der Waals surface area contributed by atoms with Gasteiger partial charge < -0.3 is 5.11 Å². The summed E-state index contributed by atoms with van der Waals surface area (Å²) in [4.78, 5) is 5.15. The normalized spacial score (nSPS) is 10.2. The Kier molecular flexibility index (Phi) is 2.52. The van der Waals surface area contributed by atoms with Gasteiger partial charge in [-0.3, -0.25) is 0 Å². The molecule has 0 bridgehead atoms. The van der Waals surface area contributed by atoms with Crippen LogP contribution in [-0.4, -0.2) is 10.1 Å². The zero-order valence-electron chi connectivity index (χ0n) is 6.68. The molecule has 0 fully saturated rings. The van der Waals surface area contributed by atoms with E-state index >= 15 is 0 Å². The molecule has 0 spiro atoms. The number of phenols is 1. The topological polar surface area (TPSA) is 33.1 Å². The zero-order valence-corrected chi connectivity index (χ0v) is 8.31. The van der Waals surface area contributed by atoms with Gasteiger partial charge in [-0.25, -0.2) is 4.98 Å². The van der Waals surface area contributed by atoms with Crippen molar-refractivity contribution in [3.05, 3.63) is 35.8 Å². The Morgan fingerprint density at radius 3 is 3.00 bits per heavy atom. The first-order chi connectivity index (χ1) is 6.34. The van der Waals surface area contributed by atoms with Crippen molar-refractivity contribution in [3.63, 3.8) is 0 Å². The van der Waals surface area contributed by atoms with Gasteiger partial charge in [0.15, 0.2) is 4.34 Å². The monoisotopic (exact) mass is 209 g/mol. The highest BCUT2D eigenvalue weighted by atomic mass is 32.2. The lowest BCUT2D eigenvalue weighted by atomic mass is 10.3. The summed E-state index contributed by atoms with van der Waals surface area (Å²) in [5.74, 6) is 0.293. The minimum Gasteiger partial charge on any atom is -0.508 e. The lowest BCUT2D eigenvalue weighted by molar-refractivity contribution is 0.474. The first-order valence-electron chi connectivity index (χ1n) is 3.71. The summed E-state index contributed by atoms with van der Waals surface area (Å²) in [6, 6.07) is 7.16. The van der Waals surface area contributed by atoms with Gasteiger partial charge in [0.05, 0.1) is 0 Å². The van der Waals surface area contributed by atoms with Crippen LogP contribution in [0, 0.1) is 0 Å². The molecule has 2 aromatic rings. The molecular formula is C9H7NOS2. The lowest BCUT2D eigenvalue weighted by Gasteiger charge is -1.97. The molecule has 0 amide bonds. The number of phenolic OH excluding ortho intramolecular Hbond substituents is 1. The molecule has 1 N–H and O–H groups in total. The summed E-state index contributed by atoms with van der Waals surface area (Å²) in [6.07, 6.45) is 1.77. The Balaban J connectivity index is 2.19. The Bertz CT molecular complexity index is 386. The number of aromatic hydroxyl groups is 1. The molecule has 2 nitrogen and oxygen atoms in total. The maximum Gasteiger partial charge on any atom is 0.154 e. The molecule has 4 heteroatoms. The maximum atomic E-state index is 9.21. The third-order valence-corrected chi connectivity index (χ3v) is 3.31. The predicted octanol–water partition coefficient (Wildman–Crippen LogP) is 3.00. The fourth-order valence-electron chi connectivity index (χ4n) is 0.909. The van der Waals surface area contributed by atoms with Crippen LogP contribution in [0.1, 0.15) is 0 Å². The summed E-state index contributed by atoms with van der Waals surface area (Å²) in [7, 11) is 0. The van der Waals surface area contributed by atoms with Crippen molar-refractivity contribution < 1.29 is 5.11 Å². The molecule has 0 aliphatic carbocycles. The summed E-state index contributed by atoms with van der Waals surface area (Å²) >= 11 is 3.15. The Morgan fingerprint density at radius 1 is 1.38 bits per heavy atom. The van der Waals surface area contributed by atoms with E-state index in [1.54, 1.807) is 41.4 Å². The lowest BCUT2D eigenvalue weighted by Crippen LogP contribution is -1.70. The first-order valence-corrected chi connectivity index (χ1v) is 5.40. The number of thiazole rings is 1. The van der Waals surface area contributed by atoms with E-state index in [0.29, 0.717) is 5.75 Å². The van der Waals surface area contributed by atoms with Crippen LogP contribution in [-0.2, 0) is 0 Å². The SMILES string of the molecule is Oc1cccc(Sc2nccs2)c1. The minimum atomic E-state index is 0.293. The second-order valence-corrected chi connectivity index (χ2v) is 4.61. The molecule has 1 aromatic carbocycles. The molecule has 0 radical (unpaired) electrons. The summed E-state index contributed by atoms with van der Waals surface area (Å²) in [6.45, 7) is 0. The molecule has 2 rings (SSSR count). The molecule has 66 valence electrons. The number of aromatic nitrogens is 1. The summed E-state index contributed by atoms with van der Waals surface area (Å²) in [5.41, 5.74) is 0. The molecular weight excluding hydrogens is 202 g/mol. The second-order valence-electron chi connectivity index (χ2n) is 2.40. The van der Waals surface area contributed by atoms with E-state index in [2.05, 4.69) is 4.98 Å². The van der Waals surface area contributed by atoms with Crippen LogP contribution in [0.25, 0.3) is 0 Å². The van der Waals surface area contributed by atoms with Crippen molar-refractivity contribution in [2.75, 3.05) is 0 Å². The second kappa shape index (κ2) is 3.81. The average molecular weight is 209 g/mol. The minimum absolute atomic E-state index is 0.293. The van der Waals surface area contributed by atoms with E-state index in [4.69, 9.17) is 0 Å². The zero-order chi connectivity index (χ0) is 9.10. The third kappa shape index (κ3) is 2.23. The van der Waals surface area contributed by atoms with Gasteiger partial charge >= 0.3 is 0 Å². The van der Waals surface area contributed by atoms with Crippen molar-refractivity contribution in [2.24, 2.45) is 0 Å². The van der Waals surface area contributed by atoms with E-state index in [1.165, 1.54) is 0 Å². The third-order valence-electron chi connectivity index (χ3n) is 1.43. The largest absolute Gasteiger partial charge is 0.508 e. The Labute approximate surface area is 84.3 Å². The van der Waals surface area contributed by atoms with E-state index in [0.717, 1.165) is 9.24 Å². The van der Waals surface area contributed by atoms with Crippen LogP contribution >= 0.6 is 23.1 Å². The van der Waals surface area contributed by atoms with Crippen LogP contribution < -0.4 is 0 Å². The van der Waals surface area contributed by atoms with Crippen molar-refractivity contribution in [3.8, 4) is 5.75 Å². The molecule has 0 aliphatic rings. The van der Waals surface area contributed by atoms with E-state index in [1.807, 2.05) is 17.5 Å². The number of benzene rings is 1. The number of hydrogen-bond acceptors (Lipinski definition) is 4. The first kappa shape index (κ1) is 8.59. The van der Waals surface area contributed by atoms with Gasteiger partial charge in [0.2, 0.25) is 0 Å². The van der Waals surface area contributed by atoms with Crippen LogP contribution in [0.5, 0.6) is 5.75 Å². The molecule has 0 aliphatic heterocycles. The molecule has 0 saturated heterocycles. The summed E-state index contributed by atoms with van der Waals surface area (Å²) in [5, 5.41) is 11.1. The number of hydrogen-bond donors (Lipinski definition) is 1. The van der Waals surface area contributed by atoms with E-state index in [9.17, 15) is 5.11 Å². The van der Waals surface area contributed by atoms with Gasteiger partial charge in [-0.1, -0.05) is 17.8 Å².